The van der Waals surface area contributed by atoms with Crippen LogP contribution in [0, 0.1) is 12.3 Å². The molecule has 152 valence electrons. The molecule has 0 saturated heterocycles. The second-order valence-corrected chi connectivity index (χ2v) is 7.19. The van der Waals surface area contributed by atoms with Crippen molar-refractivity contribution < 1.29 is 9.53 Å². The van der Waals surface area contributed by atoms with E-state index in [9.17, 15) is 4.79 Å². The summed E-state index contributed by atoms with van der Waals surface area (Å²) in [6.07, 6.45) is 7.24. The molecule has 3 rings (SSSR count). The first-order chi connectivity index (χ1) is 14.5. The molecule has 4 N–H and O–H groups in total. The number of amides is 1. The first-order valence-electron chi connectivity index (χ1n) is 9.11. The topological polar surface area (TPSA) is 102 Å². The Balaban J connectivity index is 1.64. The molecule has 2 aromatic carbocycles. The number of carbonyl (C=O) groups is 1. The number of nitrogens with one attached hydrogen (secondary N) is 2. The average Bonchev–Trinajstić information content (AvgIpc) is 2.75. The number of benzene rings is 2. The Morgan fingerprint density at radius 1 is 1.20 bits per heavy atom. The van der Waals surface area contributed by atoms with Gasteiger partial charge in [-0.2, -0.15) is 4.98 Å². The Labute approximate surface area is 183 Å². The van der Waals surface area contributed by atoms with Gasteiger partial charge in [0.2, 0.25) is 17.7 Å². The summed E-state index contributed by atoms with van der Waals surface area (Å²) in [7, 11) is 0. The van der Waals surface area contributed by atoms with Crippen molar-refractivity contribution in [2.45, 2.75) is 12.5 Å². The Bertz CT molecular complexity index is 1050. The summed E-state index contributed by atoms with van der Waals surface area (Å²) in [5, 5.41) is 5.91. The smallest absolute Gasteiger partial charge is 0.241 e. The zero-order chi connectivity index (χ0) is 21.3. The van der Waals surface area contributed by atoms with E-state index >= 15 is 0 Å². The number of anilines is 3. The Morgan fingerprint density at radius 2 is 1.97 bits per heavy atom. The van der Waals surface area contributed by atoms with Crippen molar-refractivity contribution in [3.8, 4) is 18.2 Å². The summed E-state index contributed by atoms with van der Waals surface area (Å²) in [6.45, 7) is 0.0970. The van der Waals surface area contributed by atoms with Crippen LogP contribution in [0.2, 0.25) is 0 Å². The quantitative estimate of drug-likeness (QED) is 0.440. The molecule has 0 aliphatic rings. The largest absolute Gasteiger partial charge is 0.464 e. The fraction of sp³-hybridized carbons (Fsp3) is 0.136. The van der Waals surface area contributed by atoms with Gasteiger partial charge in [-0.25, -0.2) is 4.98 Å². The minimum atomic E-state index is -0.658. The van der Waals surface area contributed by atoms with Gasteiger partial charge < -0.3 is 21.1 Å². The number of carbonyl (C=O) groups excluding carboxylic acids is 1. The third kappa shape index (κ3) is 6.04. The lowest BCUT2D eigenvalue weighted by Crippen LogP contribution is -2.37. The summed E-state index contributed by atoms with van der Waals surface area (Å²) in [4.78, 5) is 20.9. The molecule has 1 aromatic heterocycles. The van der Waals surface area contributed by atoms with Gasteiger partial charge in [-0.1, -0.05) is 42.3 Å². The van der Waals surface area contributed by atoms with Crippen molar-refractivity contribution >= 4 is 39.2 Å². The molecule has 0 saturated carbocycles. The fourth-order valence-corrected chi connectivity index (χ4v) is 2.93. The van der Waals surface area contributed by atoms with Crippen molar-refractivity contribution in [1.29, 1.82) is 0 Å². The van der Waals surface area contributed by atoms with Crippen LogP contribution < -0.4 is 21.1 Å². The lowest BCUT2D eigenvalue weighted by molar-refractivity contribution is -0.117. The van der Waals surface area contributed by atoms with Crippen LogP contribution in [-0.2, 0) is 11.2 Å². The Hall–Kier alpha value is -3.41. The molecular formula is C22H20BrN5O2. The number of hydrogen-bond donors (Lipinski definition) is 3. The second-order valence-electron chi connectivity index (χ2n) is 6.33. The van der Waals surface area contributed by atoms with E-state index in [0.29, 0.717) is 34.1 Å². The van der Waals surface area contributed by atoms with Crippen LogP contribution in [0.25, 0.3) is 0 Å². The number of aromatic nitrogens is 2. The van der Waals surface area contributed by atoms with Gasteiger partial charge in [0.15, 0.2) is 6.61 Å². The molecular weight excluding hydrogens is 446 g/mol. The highest BCUT2D eigenvalue weighted by molar-refractivity contribution is 9.10. The predicted octanol–water partition coefficient (Wildman–Crippen LogP) is 3.50. The van der Waals surface area contributed by atoms with Crippen LogP contribution >= 0.6 is 15.9 Å². The zero-order valence-corrected chi connectivity index (χ0v) is 17.6. The first kappa shape index (κ1) is 21.3. The highest BCUT2D eigenvalue weighted by Crippen LogP contribution is 2.24. The van der Waals surface area contributed by atoms with Crippen molar-refractivity contribution in [3.63, 3.8) is 0 Å². The predicted molar refractivity (Wildman–Crippen MR) is 121 cm³/mol. The summed E-state index contributed by atoms with van der Waals surface area (Å²) in [6, 6.07) is 16.2. The van der Waals surface area contributed by atoms with E-state index in [1.807, 2.05) is 36.4 Å². The van der Waals surface area contributed by atoms with Crippen molar-refractivity contribution in [2.24, 2.45) is 5.73 Å². The minimum absolute atomic E-state index is 0.0970. The van der Waals surface area contributed by atoms with Gasteiger partial charge in [0, 0.05) is 11.4 Å². The minimum Gasteiger partial charge on any atom is -0.464 e. The number of rotatable bonds is 8. The standard InChI is InChI=1S/C22H20BrN5O2/c1-2-11-30-21-18(23)14-25-22(28-21)27-17-10-6-9-16(13-17)26-20(29)19(24)12-15-7-4-3-5-8-15/h1,3-10,13-14,19H,11-12,24H2,(H,26,29)(H,25,27,28)/t19-/m1/s1. The van der Waals surface area contributed by atoms with Gasteiger partial charge in [0.1, 0.15) is 0 Å². The lowest BCUT2D eigenvalue weighted by atomic mass is 10.1. The first-order valence-corrected chi connectivity index (χ1v) is 9.90. The van der Waals surface area contributed by atoms with E-state index in [-0.39, 0.29) is 12.5 Å². The van der Waals surface area contributed by atoms with Crippen molar-refractivity contribution in [2.75, 3.05) is 17.2 Å². The van der Waals surface area contributed by atoms with Gasteiger partial charge in [-0.3, -0.25) is 4.79 Å². The molecule has 0 fully saturated rings. The summed E-state index contributed by atoms with van der Waals surface area (Å²) in [5.41, 5.74) is 8.35. The third-order valence-electron chi connectivity index (χ3n) is 4.03. The lowest BCUT2D eigenvalue weighted by Gasteiger charge is -2.13. The zero-order valence-electron chi connectivity index (χ0n) is 16.0. The third-order valence-corrected chi connectivity index (χ3v) is 4.57. The average molecular weight is 466 g/mol. The molecule has 0 radical (unpaired) electrons. The second kappa shape index (κ2) is 10.4. The fourth-order valence-electron chi connectivity index (χ4n) is 2.62. The molecule has 1 amide bonds. The number of nitrogens with two attached hydrogens (primary N) is 1. The molecule has 30 heavy (non-hydrogen) atoms. The number of nitrogens with zero attached hydrogens (tertiary/aromatic N) is 2. The van der Waals surface area contributed by atoms with Crippen molar-refractivity contribution in [1.82, 2.24) is 9.97 Å². The maximum absolute atomic E-state index is 12.4. The van der Waals surface area contributed by atoms with E-state index in [2.05, 4.69) is 42.5 Å². The van der Waals surface area contributed by atoms with Crippen LogP contribution in [0.5, 0.6) is 5.88 Å². The van der Waals surface area contributed by atoms with Crippen molar-refractivity contribution in [3.05, 3.63) is 70.8 Å². The van der Waals surface area contributed by atoms with Gasteiger partial charge >= 0.3 is 0 Å². The van der Waals surface area contributed by atoms with E-state index in [4.69, 9.17) is 16.9 Å². The number of halogens is 1. The molecule has 1 heterocycles. The molecule has 0 bridgehead atoms. The molecule has 7 nitrogen and oxygen atoms in total. The number of ether oxygens (including phenoxy) is 1. The SMILES string of the molecule is C#CCOc1nc(Nc2cccc(NC(=O)[C@H](N)Cc3ccccc3)c2)ncc1Br. The molecule has 0 aliphatic heterocycles. The summed E-state index contributed by atoms with van der Waals surface area (Å²) >= 11 is 3.32. The number of hydrogen-bond acceptors (Lipinski definition) is 6. The van der Waals surface area contributed by atoms with E-state index in [1.54, 1.807) is 24.4 Å². The van der Waals surface area contributed by atoms with Crippen LogP contribution in [0.15, 0.2) is 65.3 Å². The van der Waals surface area contributed by atoms with Gasteiger partial charge in [0.25, 0.3) is 0 Å². The molecule has 0 spiro atoms. The maximum Gasteiger partial charge on any atom is 0.241 e. The number of terminal acetylenes is 1. The van der Waals surface area contributed by atoms with Crippen LogP contribution in [0.3, 0.4) is 0 Å². The Morgan fingerprint density at radius 3 is 2.73 bits per heavy atom. The van der Waals surface area contributed by atoms with Crippen LogP contribution in [-0.4, -0.2) is 28.5 Å². The molecule has 3 aromatic rings. The summed E-state index contributed by atoms with van der Waals surface area (Å²) in [5.74, 6) is 2.79. The van der Waals surface area contributed by atoms with Gasteiger partial charge in [-0.05, 0) is 46.1 Å². The van der Waals surface area contributed by atoms with Gasteiger partial charge in [0.05, 0.1) is 16.7 Å². The van der Waals surface area contributed by atoms with E-state index in [0.717, 1.165) is 5.56 Å². The highest BCUT2D eigenvalue weighted by atomic mass is 79.9. The monoisotopic (exact) mass is 465 g/mol. The van der Waals surface area contributed by atoms with Crippen LogP contribution in [0.4, 0.5) is 17.3 Å². The summed E-state index contributed by atoms with van der Waals surface area (Å²) < 4.78 is 5.97. The van der Waals surface area contributed by atoms with E-state index in [1.165, 1.54) is 0 Å². The molecule has 8 heteroatoms. The van der Waals surface area contributed by atoms with E-state index < -0.39 is 6.04 Å². The van der Waals surface area contributed by atoms with Crippen LogP contribution in [0.1, 0.15) is 5.56 Å². The highest BCUT2D eigenvalue weighted by Gasteiger charge is 2.14. The maximum atomic E-state index is 12.4. The molecule has 0 unspecified atom stereocenters. The molecule has 0 aliphatic carbocycles. The van der Waals surface area contributed by atoms with Gasteiger partial charge in [-0.15, -0.1) is 6.42 Å². The normalized spacial score (nSPS) is 11.2. The molecule has 1 atom stereocenters. The Kier molecular flexibility index (Phi) is 7.38.